The number of aromatic nitrogens is 1. The Kier molecular flexibility index (Phi) is 1.45. The van der Waals surface area contributed by atoms with E-state index in [0.29, 0.717) is 12.1 Å². The Morgan fingerprint density at radius 3 is 2.78 bits per heavy atom. The lowest BCUT2D eigenvalue weighted by atomic mass is 10.1. The fraction of sp³-hybridized carbons (Fsp3) is 0.375. The van der Waals surface area contributed by atoms with Crippen LogP contribution in [0, 0.1) is 0 Å². The summed E-state index contributed by atoms with van der Waals surface area (Å²) >= 11 is 0. The third kappa shape index (κ3) is 1.53. The summed E-state index contributed by atoms with van der Waals surface area (Å²) in [5.41, 5.74) is 0.993. The molecule has 1 rings (SSSR count). The van der Waals surface area contributed by atoms with Gasteiger partial charge in [0.05, 0.1) is 1.37 Å². The first-order valence-corrected chi connectivity index (χ1v) is 3.13. The van der Waals surface area contributed by atoms with E-state index < -0.39 is 0 Å². The minimum atomic E-state index is 0.353. The minimum Gasteiger partial charge on any atom is -0.261 e. The third-order valence-corrected chi connectivity index (χ3v) is 1.22. The summed E-state index contributed by atoms with van der Waals surface area (Å²) < 4.78 is 7.22. The van der Waals surface area contributed by atoms with Crippen LogP contribution in [-0.2, 0) is 0 Å². The van der Waals surface area contributed by atoms with Crippen molar-refractivity contribution in [2.45, 2.75) is 19.8 Å². The second-order valence-electron chi connectivity index (χ2n) is 2.35. The van der Waals surface area contributed by atoms with Crippen molar-refractivity contribution < 1.29 is 1.37 Å². The molecule has 9 heavy (non-hydrogen) atoms. The SMILES string of the molecule is [2H]c1cccc(C(C)C)n1. The van der Waals surface area contributed by atoms with Gasteiger partial charge in [-0.2, -0.15) is 0 Å². The quantitative estimate of drug-likeness (QED) is 0.556. The van der Waals surface area contributed by atoms with Gasteiger partial charge >= 0.3 is 0 Å². The summed E-state index contributed by atoms with van der Waals surface area (Å²) in [6.07, 6.45) is 0.353. The molecule has 0 aromatic carbocycles. The van der Waals surface area contributed by atoms with Gasteiger partial charge < -0.3 is 0 Å². The van der Waals surface area contributed by atoms with Gasteiger partial charge in [-0.1, -0.05) is 19.9 Å². The molecule has 0 spiro atoms. The topological polar surface area (TPSA) is 12.9 Å². The lowest BCUT2D eigenvalue weighted by molar-refractivity contribution is 0.823. The van der Waals surface area contributed by atoms with E-state index in [2.05, 4.69) is 18.8 Å². The molecule has 1 aromatic rings. The Morgan fingerprint density at radius 2 is 2.33 bits per heavy atom. The first-order chi connectivity index (χ1) is 4.70. The smallest absolute Gasteiger partial charge is 0.0840 e. The average Bonchev–Trinajstić information content (AvgIpc) is 1.88. The molecule has 1 nitrogen and oxygen atoms in total. The summed E-state index contributed by atoms with van der Waals surface area (Å²) in [6.45, 7) is 4.14. The van der Waals surface area contributed by atoms with Crippen LogP contribution in [0.2, 0.25) is 0 Å². The van der Waals surface area contributed by atoms with E-state index in [9.17, 15) is 0 Å². The van der Waals surface area contributed by atoms with Crippen molar-refractivity contribution in [2.24, 2.45) is 0 Å². The van der Waals surface area contributed by atoms with E-state index in [1.807, 2.05) is 12.1 Å². The molecule has 0 atom stereocenters. The van der Waals surface area contributed by atoms with Crippen molar-refractivity contribution in [1.29, 1.82) is 0 Å². The molecule has 0 aliphatic carbocycles. The normalized spacial score (nSPS) is 11.7. The van der Waals surface area contributed by atoms with E-state index in [4.69, 9.17) is 1.37 Å². The summed E-state index contributed by atoms with van der Waals surface area (Å²) in [5, 5.41) is 0. The zero-order chi connectivity index (χ0) is 7.56. The summed E-state index contributed by atoms with van der Waals surface area (Å²) in [5.74, 6) is 0.422. The van der Waals surface area contributed by atoms with Gasteiger partial charge in [0.25, 0.3) is 0 Å². The monoisotopic (exact) mass is 122 g/mol. The van der Waals surface area contributed by atoms with Gasteiger partial charge in [-0.3, -0.25) is 4.98 Å². The molecule has 0 bridgehead atoms. The molecule has 0 radical (unpaired) electrons. The van der Waals surface area contributed by atoms with Gasteiger partial charge in [0, 0.05) is 11.9 Å². The van der Waals surface area contributed by atoms with Crippen LogP contribution in [0.25, 0.3) is 0 Å². The molecule has 0 fully saturated rings. The molecule has 0 aliphatic rings. The van der Waals surface area contributed by atoms with Crippen LogP contribution in [0.4, 0.5) is 0 Å². The molecule has 0 aliphatic heterocycles. The van der Waals surface area contributed by atoms with Crippen LogP contribution >= 0.6 is 0 Å². The Labute approximate surface area is 57.2 Å². The van der Waals surface area contributed by atoms with E-state index >= 15 is 0 Å². The molecular weight excluding hydrogens is 110 g/mol. The van der Waals surface area contributed by atoms with E-state index in [1.165, 1.54) is 0 Å². The maximum atomic E-state index is 7.22. The molecule has 1 aromatic heterocycles. The highest BCUT2D eigenvalue weighted by atomic mass is 14.7. The predicted octanol–water partition coefficient (Wildman–Crippen LogP) is 2.21. The van der Waals surface area contributed by atoms with E-state index in [-0.39, 0.29) is 0 Å². The van der Waals surface area contributed by atoms with Gasteiger partial charge in [0.15, 0.2) is 0 Å². The minimum absolute atomic E-state index is 0.353. The molecule has 0 saturated carbocycles. The maximum Gasteiger partial charge on any atom is 0.0840 e. The van der Waals surface area contributed by atoms with Crippen molar-refractivity contribution in [1.82, 2.24) is 4.98 Å². The zero-order valence-corrected chi connectivity index (χ0v) is 5.76. The molecule has 0 saturated heterocycles. The van der Waals surface area contributed by atoms with Crippen molar-refractivity contribution >= 4 is 0 Å². The van der Waals surface area contributed by atoms with E-state index in [0.717, 1.165) is 5.69 Å². The summed E-state index contributed by atoms with van der Waals surface area (Å²) in [7, 11) is 0. The van der Waals surface area contributed by atoms with Crippen LogP contribution in [0.1, 0.15) is 26.8 Å². The van der Waals surface area contributed by atoms with Crippen molar-refractivity contribution in [3.63, 3.8) is 0 Å². The number of nitrogens with zero attached hydrogens (tertiary/aromatic N) is 1. The van der Waals surface area contributed by atoms with Crippen LogP contribution in [0.15, 0.2) is 24.4 Å². The fourth-order valence-electron chi connectivity index (χ4n) is 0.660. The van der Waals surface area contributed by atoms with Crippen molar-refractivity contribution in [3.05, 3.63) is 30.1 Å². The van der Waals surface area contributed by atoms with Gasteiger partial charge in [0.2, 0.25) is 0 Å². The van der Waals surface area contributed by atoms with Gasteiger partial charge in [-0.05, 0) is 18.1 Å². The van der Waals surface area contributed by atoms with Gasteiger partial charge in [0.1, 0.15) is 0 Å². The van der Waals surface area contributed by atoms with Gasteiger partial charge in [-0.15, -0.1) is 0 Å². The predicted molar refractivity (Wildman–Crippen MR) is 38.3 cm³/mol. The highest BCUT2D eigenvalue weighted by Crippen LogP contribution is 2.08. The highest BCUT2D eigenvalue weighted by molar-refractivity contribution is 5.06. The molecule has 0 amide bonds. The Morgan fingerprint density at radius 1 is 1.56 bits per heavy atom. The first kappa shape index (κ1) is 4.98. The lowest BCUT2D eigenvalue weighted by Gasteiger charge is -2.00. The second-order valence-corrected chi connectivity index (χ2v) is 2.35. The third-order valence-electron chi connectivity index (χ3n) is 1.22. The average molecular weight is 122 g/mol. The Bertz CT molecular complexity index is 220. The fourth-order valence-corrected chi connectivity index (χ4v) is 0.660. The van der Waals surface area contributed by atoms with Crippen LogP contribution in [-0.4, -0.2) is 4.98 Å². The second kappa shape index (κ2) is 2.62. The standard InChI is InChI=1S/C8H11N/c1-7(2)8-5-3-4-6-9-8/h3-7H,1-2H3/i6D. The summed E-state index contributed by atoms with van der Waals surface area (Å²) in [4.78, 5) is 4.04. The molecule has 0 N–H and O–H groups in total. The van der Waals surface area contributed by atoms with Crippen LogP contribution < -0.4 is 0 Å². The first-order valence-electron chi connectivity index (χ1n) is 3.63. The molecule has 48 valence electrons. The lowest BCUT2D eigenvalue weighted by Crippen LogP contribution is -1.88. The summed E-state index contributed by atoms with van der Waals surface area (Å²) in [6, 6.07) is 5.50. The molecule has 0 unspecified atom stereocenters. The van der Waals surface area contributed by atoms with E-state index in [1.54, 1.807) is 6.07 Å². The van der Waals surface area contributed by atoms with Gasteiger partial charge in [-0.25, -0.2) is 0 Å². The van der Waals surface area contributed by atoms with Crippen LogP contribution in [0.5, 0.6) is 0 Å². The maximum absolute atomic E-state index is 7.22. The number of rotatable bonds is 1. The molecule has 1 heterocycles. The number of hydrogen-bond donors (Lipinski definition) is 0. The Hall–Kier alpha value is -0.850. The van der Waals surface area contributed by atoms with Crippen molar-refractivity contribution in [3.8, 4) is 0 Å². The highest BCUT2D eigenvalue weighted by Gasteiger charge is 1.95. The zero-order valence-electron chi connectivity index (χ0n) is 6.76. The molecule has 1 heteroatoms. The largest absolute Gasteiger partial charge is 0.261 e. The van der Waals surface area contributed by atoms with Crippen molar-refractivity contribution in [2.75, 3.05) is 0 Å². The van der Waals surface area contributed by atoms with Crippen LogP contribution in [0.3, 0.4) is 0 Å². The number of pyridine rings is 1. The molecular formula is C8H11N. The number of hydrogen-bond acceptors (Lipinski definition) is 1. The Balaban J connectivity index is 2.96.